The van der Waals surface area contributed by atoms with Crippen molar-refractivity contribution in [2.75, 3.05) is 5.32 Å². The predicted octanol–water partition coefficient (Wildman–Crippen LogP) is 3.70. The minimum atomic E-state index is -0.199. The summed E-state index contributed by atoms with van der Waals surface area (Å²) in [5.74, 6) is 0.322. The zero-order valence-corrected chi connectivity index (χ0v) is 13.7. The highest BCUT2D eigenvalue weighted by atomic mass is 35.5. The number of amides is 1. The minimum Gasteiger partial charge on any atom is -0.322 e. The molecule has 2 aromatic carbocycles. The number of halogens is 1. The third-order valence-corrected chi connectivity index (χ3v) is 3.93. The van der Waals surface area contributed by atoms with E-state index in [4.69, 9.17) is 11.6 Å². The van der Waals surface area contributed by atoms with Crippen molar-refractivity contribution in [3.63, 3.8) is 0 Å². The molecule has 0 radical (unpaired) electrons. The highest BCUT2D eigenvalue weighted by molar-refractivity contribution is 6.30. The largest absolute Gasteiger partial charge is 0.322 e. The van der Waals surface area contributed by atoms with Crippen LogP contribution in [-0.2, 0) is 0 Å². The van der Waals surface area contributed by atoms with Gasteiger partial charge in [0.05, 0.1) is 11.9 Å². The van der Waals surface area contributed by atoms with Gasteiger partial charge in [0.15, 0.2) is 0 Å². The van der Waals surface area contributed by atoms with Crippen molar-refractivity contribution in [1.82, 2.24) is 19.6 Å². The lowest BCUT2D eigenvalue weighted by Gasteiger charge is -2.06. The molecule has 2 heterocycles. The van der Waals surface area contributed by atoms with E-state index < -0.39 is 0 Å². The van der Waals surface area contributed by atoms with Gasteiger partial charge in [-0.15, -0.1) is 5.10 Å². The molecule has 4 aromatic rings. The first-order chi connectivity index (χ1) is 12.2. The molecule has 7 heteroatoms. The maximum atomic E-state index is 12.3. The summed E-state index contributed by atoms with van der Waals surface area (Å²) in [5, 5.41) is 11.3. The second-order valence-electron chi connectivity index (χ2n) is 5.39. The molecule has 1 N–H and O–H groups in total. The van der Waals surface area contributed by atoms with Crippen LogP contribution in [0.2, 0.25) is 5.02 Å². The number of anilines is 1. The molecule has 0 aliphatic carbocycles. The number of carbonyl (C=O) groups excluding carboxylic acids is 1. The van der Waals surface area contributed by atoms with E-state index in [2.05, 4.69) is 20.5 Å². The Balaban J connectivity index is 1.60. The minimum absolute atomic E-state index is 0.199. The van der Waals surface area contributed by atoms with Crippen LogP contribution in [0.3, 0.4) is 0 Å². The normalized spacial score (nSPS) is 10.8. The van der Waals surface area contributed by atoms with Gasteiger partial charge in [-0.2, -0.15) is 5.10 Å². The van der Waals surface area contributed by atoms with Gasteiger partial charge in [-0.05, 0) is 36.4 Å². The molecule has 0 aliphatic heterocycles. The molecule has 2 aromatic heterocycles. The fourth-order valence-electron chi connectivity index (χ4n) is 2.45. The summed E-state index contributed by atoms with van der Waals surface area (Å²) in [6.07, 6.45) is 5.25. The lowest BCUT2D eigenvalue weighted by molar-refractivity contribution is 0.102. The van der Waals surface area contributed by atoms with E-state index in [0.717, 1.165) is 11.3 Å². The van der Waals surface area contributed by atoms with Crippen molar-refractivity contribution in [1.29, 1.82) is 0 Å². The maximum absolute atomic E-state index is 12.3. The molecule has 122 valence electrons. The average molecular weight is 350 g/mol. The van der Waals surface area contributed by atoms with Crippen LogP contribution >= 0.6 is 11.6 Å². The predicted molar refractivity (Wildman–Crippen MR) is 95.6 cm³/mol. The smallest absolute Gasteiger partial charge is 0.255 e. The quantitative estimate of drug-likeness (QED) is 0.612. The number of aromatic nitrogens is 4. The second kappa shape index (κ2) is 6.33. The molecule has 0 unspecified atom stereocenters. The van der Waals surface area contributed by atoms with Gasteiger partial charge in [0.1, 0.15) is 0 Å². The van der Waals surface area contributed by atoms with Gasteiger partial charge >= 0.3 is 0 Å². The molecule has 6 nitrogen and oxygen atoms in total. The molecule has 25 heavy (non-hydrogen) atoms. The van der Waals surface area contributed by atoms with E-state index in [1.807, 2.05) is 30.5 Å². The number of carbonyl (C=O) groups is 1. The van der Waals surface area contributed by atoms with Crippen molar-refractivity contribution in [2.24, 2.45) is 0 Å². The summed E-state index contributed by atoms with van der Waals surface area (Å²) in [6, 6.07) is 14.2. The van der Waals surface area contributed by atoms with Gasteiger partial charge in [0.2, 0.25) is 0 Å². The Hall–Kier alpha value is -3.25. The van der Waals surface area contributed by atoms with E-state index in [1.54, 1.807) is 41.1 Å². The van der Waals surface area contributed by atoms with Crippen LogP contribution in [-0.4, -0.2) is 25.5 Å². The zero-order chi connectivity index (χ0) is 17.2. The lowest BCUT2D eigenvalue weighted by Crippen LogP contribution is -2.11. The van der Waals surface area contributed by atoms with Gasteiger partial charge < -0.3 is 5.32 Å². The van der Waals surface area contributed by atoms with Gasteiger partial charge in [0, 0.05) is 34.2 Å². The Kier molecular flexibility index (Phi) is 3.87. The van der Waals surface area contributed by atoms with Crippen molar-refractivity contribution in [3.05, 3.63) is 77.7 Å². The molecule has 1 amide bonds. The highest BCUT2D eigenvalue weighted by Crippen LogP contribution is 2.22. The third kappa shape index (κ3) is 3.20. The number of nitrogens with zero attached hydrogens (tertiary/aromatic N) is 4. The number of imidazole rings is 1. The molecule has 0 atom stereocenters. The van der Waals surface area contributed by atoms with Gasteiger partial charge in [0.25, 0.3) is 11.7 Å². The van der Waals surface area contributed by atoms with Crippen LogP contribution in [0, 0.1) is 0 Å². The number of hydrogen-bond acceptors (Lipinski definition) is 4. The van der Waals surface area contributed by atoms with Crippen LogP contribution in [0.4, 0.5) is 5.69 Å². The standard InChI is InChI=1S/C18H12ClN5O/c19-14-6-4-12(5-7-14)17(25)21-15-3-1-2-13(10-15)16-11-24-9-8-20-23-18(24)22-16/h1-11H,(H,21,25). The summed E-state index contributed by atoms with van der Waals surface area (Å²) >= 11 is 5.85. The second-order valence-corrected chi connectivity index (χ2v) is 5.83. The molecule has 0 saturated heterocycles. The number of benzene rings is 2. The molecule has 0 bridgehead atoms. The molecule has 0 fully saturated rings. The zero-order valence-electron chi connectivity index (χ0n) is 12.9. The van der Waals surface area contributed by atoms with Crippen LogP contribution in [0.1, 0.15) is 10.4 Å². The van der Waals surface area contributed by atoms with Crippen LogP contribution in [0.15, 0.2) is 67.1 Å². The number of rotatable bonds is 3. The Morgan fingerprint density at radius 3 is 2.76 bits per heavy atom. The number of nitrogens with one attached hydrogen (secondary N) is 1. The maximum Gasteiger partial charge on any atom is 0.255 e. The van der Waals surface area contributed by atoms with Gasteiger partial charge in [-0.3, -0.25) is 9.20 Å². The first-order valence-corrected chi connectivity index (χ1v) is 7.90. The summed E-state index contributed by atoms with van der Waals surface area (Å²) in [7, 11) is 0. The first kappa shape index (κ1) is 15.3. The van der Waals surface area contributed by atoms with Crippen molar-refractivity contribution in [3.8, 4) is 11.3 Å². The summed E-state index contributed by atoms with van der Waals surface area (Å²) in [6.45, 7) is 0. The average Bonchev–Trinajstić information content (AvgIpc) is 3.07. The van der Waals surface area contributed by atoms with E-state index in [0.29, 0.717) is 22.1 Å². The van der Waals surface area contributed by atoms with E-state index in [-0.39, 0.29) is 5.91 Å². The first-order valence-electron chi connectivity index (χ1n) is 7.53. The molecule has 0 aliphatic rings. The Morgan fingerprint density at radius 2 is 1.96 bits per heavy atom. The fraction of sp³-hybridized carbons (Fsp3) is 0. The van der Waals surface area contributed by atoms with Crippen molar-refractivity contribution >= 4 is 29.0 Å². The summed E-state index contributed by atoms with van der Waals surface area (Å²) in [5.41, 5.74) is 2.85. The van der Waals surface area contributed by atoms with Crippen molar-refractivity contribution in [2.45, 2.75) is 0 Å². The van der Waals surface area contributed by atoms with Gasteiger partial charge in [-0.25, -0.2) is 4.98 Å². The van der Waals surface area contributed by atoms with Crippen LogP contribution < -0.4 is 5.32 Å². The summed E-state index contributed by atoms with van der Waals surface area (Å²) < 4.78 is 1.79. The fourth-order valence-corrected chi connectivity index (χ4v) is 2.58. The van der Waals surface area contributed by atoms with Gasteiger partial charge in [-0.1, -0.05) is 23.7 Å². The molecular formula is C18H12ClN5O. The van der Waals surface area contributed by atoms with E-state index >= 15 is 0 Å². The number of fused-ring (bicyclic) bond motifs is 1. The lowest BCUT2D eigenvalue weighted by atomic mass is 10.1. The van der Waals surface area contributed by atoms with Crippen LogP contribution in [0.5, 0.6) is 0 Å². The Labute approximate surface area is 148 Å². The third-order valence-electron chi connectivity index (χ3n) is 3.68. The SMILES string of the molecule is O=C(Nc1cccc(-c2cn3ccnnc3n2)c1)c1ccc(Cl)cc1. The molecule has 4 rings (SSSR count). The molecule has 0 spiro atoms. The van der Waals surface area contributed by atoms with E-state index in [1.165, 1.54) is 0 Å². The number of hydrogen-bond donors (Lipinski definition) is 1. The van der Waals surface area contributed by atoms with E-state index in [9.17, 15) is 4.79 Å². The topological polar surface area (TPSA) is 72.2 Å². The monoisotopic (exact) mass is 349 g/mol. The molecule has 0 saturated carbocycles. The highest BCUT2D eigenvalue weighted by Gasteiger charge is 2.09. The Morgan fingerprint density at radius 1 is 1.12 bits per heavy atom. The van der Waals surface area contributed by atoms with Crippen LogP contribution in [0.25, 0.3) is 17.0 Å². The Bertz CT molecular complexity index is 1030. The van der Waals surface area contributed by atoms with Crippen molar-refractivity contribution < 1.29 is 4.79 Å². The summed E-state index contributed by atoms with van der Waals surface area (Å²) in [4.78, 5) is 16.8. The molecular weight excluding hydrogens is 338 g/mol.